The van der Waals surface area contributed by atoms with E-state index < -0.39 is 0 Å². The Bertz CT molecular complexity index is 674. The molecule has 2 heterocycles. The molecular weight excluding hydrogens is 304 g/mol. The summed E-state index contributed by atoms with van der Waals surface area (Å²) in [4.78, 5) is 28.7. The average Bonchev–Trinajstić information content (AvgIpc) is 3.17. The van der Waals surface area contributed by atoms with Crippen LogP contribution in [0.15, 0.2) is 53.1 Å². The molecule has 3 rings (SSSR count). The zero-order chi connectivity index (χ0) is 16.9. The molecule has 24 heavy (non-hydrogen) atoms. The molecule has 1 fully saturated rings. The van der Waals surface area contributed by atoms with Gasteiger partial charge in [-0.05, 0) is 44.0 Å². The third-order valence-corrected chi connectivity index (χ3v) is 4.51. The Labute approximate surface area is 141 Å². The monoisotopic (exact) mass is 326 g/mol. The molecule has 126 valence electrons. The molecule has 1 aromatic carbocycles. The van der Waals surface area contributed by atoms with Crippen LogP contribution in [0, 0.1) is 5.92 Å². The van der Waals surface area contributed by atoms with Crippen molar-refractivity contribution in [2.45, 2.75) is 19.8 Å². The highest BCUT2D eigenvalue weighted by Gasteiger charge is 2.31. The summed E-state index contributed by atoms with van der Waals surface area (Å²) >= 11 is 0. The summed E-state index contributed by atoms with van der Waals surface area (Å²) in [7, 11) is 0. The molecule has 0 N–H and O–H groups in total. The molecule has 0 radical (unpaired) electrons. The first-order chi connectivity index (χ1) is 11.7. The Morgan fingerprint density at radius 2 is 1.83 bits per heavy atom. The molecule has 2 amide bonds. The van der Waals surface area contributed by atoms with E-state index in [0.29, 0.717) is 38.2 Å². The molecular formula is C19H22N2O3. The summed E-state index contributed by atoms with van der Waals surface area (Å²) in [6.07, 6.45) is 2.88. The van der Waals surface area contributed by atoms with Gasteiger partial charge in [0.2, 0.25) is 5.91 Å². The van der Waals surface area contributed by atoms with Crippen molar-refractivity contribution in [3.8, 4) is 0 Å². The van der Waals surface area contributed by atoms with Gasteiger partial charge in [0.25, 0.3) is 5.91 Å². The number of carbonyl (C=O) groups is 2. The predicted octanol–water partition coefficient (Wildman–Crippen LogP) is 3.18. The fourth-order valence-electron chi connectivity index (χ4n) is 3.18. The molecule has 0 saturated carbocycles. The van der Waals surface area contributed by atoms with Crippen LogP contribution < -0.4 is 4.90 Å². The molecule has 1 aliphatic heterocycles. The fraction of sp³-hybridized carbons (Fsp3) is 0.368. The summed E-state index contributed by atoms with van der Waals surface area (Å²) < 4.78 is 5.17. The molecule has 1 aliphatic rings. The van der Waals surface area contributed by atoms with E-state index in [1.54, 1.807) is 17.0 Å². The maximum Gasteiger partial charge on any atom is 0.289 e. The van der Waals surface area contributed by atoms with Crippen LogP contribution in [-0.4, -0.2) is 36.3 Å². The van der Waals surface area contributed by atoms with Crippen LogP contribution in [0.4, 0.5) is 5.69 Å². The Morgan fingerprint density at radius 1 is 1.12 bits per heavy atom. The SMILES string of the molecule is CCN(C(=O)C1CCN(C(=O)c2ccco2)CC1)c1ccccc1. The van der Waals surface area contributed by atoms with Crippen molar-refractivity contribution in [3.05, 3.63) is 54.5 Å². The van der Waals surface area contributed by atoms with Gasteiger partial charge in [0.1, 0.15) is 0 Å². The number of hydrogen-bond acceptors (Lipinski definition) is 3. The number of rotatable bonds is 4. The molecule has 0 atom stereocenters. The molecule has 5 nitrogen and oxygen atoms in total. The maximum absolute atomic E-state index is 12.8. The van der Waals surface area contributed by atoms with Gasteiger partial charge in [-0.1, -0.05) is 18.2 Å². The number of piperidine rings is 1. The number of anilines is 1. The zero-order valence-corrected chi connectivity index (χ0v) is 13.9. The highest BCUT2D eigenvalue weighted by atomic mass is 16.3. The summed E-state index contributed by atoms with van der Waals surface area (Å²) in [5.74, 6) is 0.375. The lowest BCUT2D eigenvalue weighted by Crippen LogP contribution is -2.44. The van der Waals surface area contributed by atoms with Crippen molar-refractivity contribution in [1.82, 2.24) is 4.90 Å². The van der Waals surface area contributed by atoms with Gasteiger partial charge in [0.05, 0.1) is 6.26 Å². The Balaban J connectivity index is 1.61. The second-order valence-corrected chi connectivity index (χ2v) is 5.96. The maximum atomic E-state index is 12.8. The molecule has 1 saturated heterocycles. The van der Waals surface area contributed by atoms with Gasteiger partial charge in [-0.25, -0.2) is 0 Å². The van der Waals surface area contributed by atoms with Crippen LogP contribution in [0.5, 0.6) is 0 Å². The summed E-state index contributed by atoms with van der Waals surface area (Å²) in [6.45, 7) is 3.80. The summed E-state index contributed by atoms with van der Waals surface area (Å²) in [5, 5.41) is 0. The first-order valence-corrected chi connectivity index (χ1v) is 8.40. The molecule has 0 spiro atoms. The number of para-hydroxylation sites is 1. The predicted molar refractivity (Wildman–Crippen MR) is 91.8 cm³/mol. The molecule has 1 aromatic heterocycles. The molecule has 0 aliphatic carbocycles. The number of furan rings is 1. The minimum absolute atomic E-state index is 0.0363. The molecule has 0 unspecified atom stereocenters. The van der Waals surface area contributed by atoms with Crippen LogP contribution >= 0.6 is 0 Å². The minimum atomic E-state index is -0.0960. The van der Waals surface area contributed by atoms with Crippen molar-refractivity contribution >= 4 is 17.5 Å². The van der Waals surface area contributed by atoms with E-state index in [9.17, 15) is 9.59 Å². The van der Waals surface area contributed by atoms with Crippen molar-refractivity contribution in [1.29, 1.82) is 0 Å². The number of hydrogen-bond donors (Lipinski definition) is 0. The van der Waals surface area contributed by atoms with E-state index in [2.05, 4.69) is 0 Å². The third kappa shape index (κ3) is 3.35. The average molecular weight is 326 g/mol. The van der Waals surface area contributed by atoms with Gasteiger partial charge in [-0.2, -0.15) is 0 Å². The van der Waals surface area contributed by atoms with Crippen LogP contribution in [0.3, 0.4) is 0 Å². The van der Waals surface area contributed by atoms with Gasteiger partial charge in [-0.3, -0.25) is 9.59 Å². The van der Waals surface area contributed by atoms with E-state index in [1.165, 1.54) is 6.26 Å². The van der Waals surface area contributed by atoms with E-state index in [0.717, 1.165) is 5.69 Å². The van der Waals surface area contributed by atoms with E-state index in [4.69, 9.17) is 4.42 Å². The molecule has 2 aromatic rings. The van der Waals surface area contributed by atoms with Crippen LogP contribution in [0.25, 0.3) is 0 Å². The van der Waals surface area contributed by atoms with Crippen molar-refractivity contribution in [3.63, 3.8) is 0 Å². The van der Waals surface area contributed by atoms with Crippen LogP contribution in [0.1, 0.15) is 30.3 Å². The second kappa shape index (κ2) is 7.34. The van der Waals surface area contributed by atoms with E-state index in [1.807, 2.05) is 42.2 Å². The standard InChI is InChI=1S/C19H22N2O3/c1-2-21(16-7-4-3-5-8-16)18(22)15-10-12-20(13-11-15)19(23)17-9-6-14-24-17/h3-9,14-15H,2,10-13H2,1H3. The van der Waals surface area contributed by atoms with Crippen molar-refractivity contribution in [2.75, 3.05) is 24.5 Å². The van der Waals surface area contributed by atoms with Gasteiger partial charge >= 0.3 is 0 Å². The van der Waals surface area contributed by atoms with Gasteiger partial charge in [0, 0.05) is 31.2 Å². The number of nitrogens with zero attached hydrogens (tertiary/aromatic N) is 2. The Hall–Kier alpha value is -2.56. The number of amides is 2. The highest BCUT2D eigenvalue weighted by Crippen LogP contribution is 2.24. The van der Waals surface area contributed by atoms with E-state index in [-0.39, 0.29) is 17.7 Å². The zero-order valence-electron chi connectivity index (χ0n) is 13.9. The second-order valence-electron chi connectivity index (χ2n) is 5.96. The lowest BCUT2D eigenvalue weighted by atomic mass is 9.94. The first-order valence-electron chi connectivity index (χ1n) is 8.40. The fourth-order valence-corrected chi connectivity index (χ4v) is 3.18. The molecule has 0 bridgehead atoms. The van der Waals surface area contributed by atoms with Crippen LogP contribution in [0.2, 0.25) is 0 Å². The quantitative estimate of drug-likeness (QED) is 0.867. The van der Waals surface area contributed by atoms with E-state index >= 15 is 0 Å². The topological polar surface area (TPSA) is 53.8 Å². The normalized spacial score (nSPS) is 15.3. The lowest BCUT2D eigenvalue weighted by molar-refractivity contribution is -0.123. The Morgan fingerprint density at radius 3 is 2.42 bits per heavy atom. The third-order valence-electron chi connectivity index (χ3n) is 4.51. The van der Waals surface area contributed by atoms with Gasteiger partial charge in [-0.15, -0.1) is 0 Å². The lowest BCUT2D eigenvalue weighted by Gasteiger charge is -2.33. The van der Waals surface area contributed by atoms with Crippen molar-refractivity contribution < 1.29 is 14.0 Å². The Kier molecular flexibility index (Phi) is 4.99. The van der Waals surface area contributed by atoms with Gasteiger partial charge < -0.3 is 14.2 Å². The van der Waals surface area contributed by atoms with Crippen molar-refractivity contribution in [2.24, 2.45) is 5.92 Å². The summed E-state index contributed by atoms with van der Waals surface area (Å²) in [5.41, 5.74) is 0.930. The number of likely N-dealkylation sites (tertiary alicyclic amines) is 1. The summed E-state index contributed by atoms with van der Waals surface area (Å²) in [6, 6.07) is 13.1. The van der Waals surface area contributed by atoms with Crippen LogP contribution in [-0.2, 0) is 4.79 Å². The minimum Gasteiger partial charge on any atom is -0.459 e. The number of benzene rings is 1. The number of carbonyl (C=O) groups excluding carboxylic acids is 2. The largest absolute Gasteiger partial charge is 0.459 e. The van der Waals surface area contributed by atoms with Gasteiger partial charge in [0.15, 0.2) is 5.76 Å². The molecule has 5 heteroatoms. The first kappa shape index (κ1) is 16.3. The smallest absolute Gasteiger partial charge is 0.289 e. The highest BCUT2D eigenvalue weighted by molar-refractivity contribution is 5.95.